The van der Waals surface area contributed by atoms with Gasteiger partial charge in [-0.25, -0.2) is 9.36 Å². The molecule has 0 unspecified atom stereocenters. The van der Waals surface area contributed by atoms with Crippen LogP contribution in [0.2, 0.25) is 10.0 Å². The van der Waals surface area contributed by atoms with Crippen LogP contribution in [0.25, 0.3) is 22.2 Å². The monoisotopic (exact) mass is 330 g/mol. The van der Waals surface area contributed by atoms with Crippen molar-refractivity contribution in [3.63, 3.8) is 0 Å². The van der Waals surface area contributed by atoms with Crippen molar-refractivity contribution >= 4 is 40.2 Å². The van der Waals surface area contributed by atoms with Crippen molar-refractivity contribution in [2.45, 2.75) is 0 Å². The Morgan fingerprint density at radius 1 is 1.09 bits per heavy atom. The second-order valence-corrected chi connectivity index (χ2v) is 5.56. The third-order valence-electron chi connectivity index (χ3n) is 3.28. The molecule has 0 aliphatic heterocycles. The number of hydrogen-bond donors (Lipinski definition) is 1. The number of halogens is 2. The molecule has 1 heterocycles. The number of nitrogens with zero attached hydrogens (tertiary/aromatic N) is 2. The first-order valence-corrected chi connectivity index (χ1v) is 7.00. The average Bonchev–Trinajstić information content (AvgIpc) is 2.84. The molecule has 6 heteroatoms. The smallest absolute Gasteiger partial charge is 0.416 e. The van der Waals surface area contributed by atoms with Crippen molar-refractivity contribution in [2.75, 3.05) is 0 Å². The average molecular weight is 331 g/mol. The third-order valence-corrected chi connectivity index (χ3v) is 3.72. The fourth-order valence-corrected chi connectivity index (χ4v) is 2.93. The SMILES string of the molecule is N#Cc1ccc2c(c1)cc(-c1cc(Cl)cc(Cl)c1)n2C(=O)O. The number of carbonyl (C=O) groups is 1. The lowest BCUT2D eigenvalue weighted by molar-refractivity contribution is 0.198. The van der Waals surface area contributed by atoms with E-state index in [0.29, 0.717) is 37.8 Å². The fraction of sp³-hybridized carbons (Fsp3) is 0. The van der Waals surface area contributed by atoms with Crippen LogP contribution in [0.4, 0.5) is 4.79 Å². The van der Waals surface area contributed by atoms with Crippen LogP contribution >= 0.6 is 23.2 Å². The van der Waals surface area contributed by atoms with Gasteiger partial charge in [-0.15, -0.1) is 0 Å². The summed E-state index contributed by atoms with van der Waals surface area (Å²) in [6.45, 7) is 0. The maximum atomic E-state index is 11.6. The van der Waals surface area contributed by atoms with Crippen molar-refractivity contribution in [3.8, 4) is 17.3 Å². The number of rotatable bonds is 1. The molecule has 0 aliphatic rings. The van der Waals surface area contributed by atoms with Crippen molar-refractivity contribution in [2.24, 2.45) is 0 Å². The summed E-state index contributed by atoms with van der Waals surface area (Å²) in [5.41, 5.74) is 2.00. The van der Waals surface area contributed by atoms with Gasteiger partial charge in [0.1, 0.15) is 0 Å². The van der Waals surface area contributed by atoms with Crippen LogP contribution in [0.5, 0.6) is 0 Å². The summed E-state index contributed by atoms with van der Waals surface area (Å²) in [6, 6.07) is 13.4. The van der Waals surface area contributed by atoms with Gasteiger partial charge < -0.3 is 5.11 Å². The maximum Gasteiger partial charge on any atom is 0.416 e. The first-order valence-electron chi connectivity index (χ1n) is 6.25. The molecular weight excluding hydrogens is 323 g/mol. The molecular formula is C16H8Cl2N2O2. The number of aromatic nitrogens is 1. The lowest BCUT2D eigenvalue weighted by atomic mass is 10.1. The predicted octanol–water partition coefficient (Wildman–Crippen LogP) is 5.01. The molecule has 3 rings (SSSR count). The highest BCUT2D eigenvalue weighted by atomic mass is 35.5. The van der Waals surface area contributed by atoms with Crippen LogP contribution < -0.4 is 0 Å². The zero-order chi connectivity index (χ0) is 15.9. The van der Waals surface area contributed by atoms with Gasteiger partial charge in [0.15, 0.2) is 0 Å². The molecule has 0 aliphatic carbocycles. The first kappa shape index (κ1) is 14.5. The van der Waals surface area contributed by atoms with Gasteiger partial charge in [-0.3, -0.25) is 0 Å². The van der Waals surface area contributed by atoms with Crippen LogP contribution in [0.3, 0.4) is 0 Å². The van der Waals surface area contributed by atoms with E-state index < -0.39 is 6.09 Å². The summed E-state index contributed by atoms with van der Waals surface area (Å²) >= 11 is 12.0. The fourth-order valence-electron chi connectivity index (χ4n) is 2.41. The van der Waals surface area contributed by atoms with Crippen molar-refractivity contribution in [1.82, 2.24) is 4.57 Å². The molecule has 0 saturated carbocycles. The Morgan fingerprint density at radius 3 is 2.36 bits per heavy atom. The van der Waals surface area contributed by atoms with Gasteiger partial charge in [0.25, 0.3) is 0 Å². The summed E-state index contributed by atoms with van der Waals surface area (Å²) in [7, 11) is 0. The number of fused-ring (bicyclic) bond motifs is 1. The van der Waals surface area contributed by atoms with Gasteiger partial charge in [0, 0.05) is 21.0 Å². The van der Waals surface area contributed by atoms with Gasteiger partial charge in [-0.2, -0.15) is 5.26 Å². The van der Waals surface area contributed by atoms with Gasteiger partial charge >= 0.3 is 6.09 Å². The third kappa shape index (κ3) is 2.41. The van der Waals surface area contributed by atoms with Gasteiger partial charge in [-0.05, 0) is 42.5 Å². The van der Waals surface area contributed by atoms with E-state index in [1.54, 1.807) is 42.5 Å². The standard InChI is InChI=1S/C16H8Cl2N2O2/c17-12-4-11(5-13(18)7-12)15-6-10-3-9(8-19)1-2-14(10)20(15)16(21)22/h1-7H,(H,21,22). The van der Waals surface area contributed by atoms with E-state index in [1.807, 2.05) is 6.07 Å². The van der Waals surface area contributed by atoms with E-state index in [2.05, 4.69) is 0 Å². The molecule has 2 aromatic carbocycles. The highest BCUT2D eigenvalue weighted by Gasteiger charge is 2.16. The number of benzene rings is 2. The van der Waals surface area contributed by atoms with E-state index >= 15 is 0 Å². The largest absolute Gasteiger partial charge is 0.464 e. The van der Waals surface area contributed by atoms with E-state index in [-0.39, 0.29) is 0 Å². The van der Waals surface area contributed by atoms with Crippen LogP contribution in [0.15, 0.2) is 42.5 Å². The quantitative estimate of drug-likeness (QED) is 0.681. The molecule has 108 valence electrons. The van der Waals surface area contributed by atoms with E-state index in [1.165, 1.54) is 0 Å². The normalized spacial score (nSPS) is 10.6. The van der Waals surface area contributed by atoms with Crippen LogP contribution in [-0.4, -0.2) is 15.8 Å². The number of carboxylic acid groups (broad SMARTS) is 1. The van der Waals surface area contributed by atoms with Gasteiger partial charge in [-0.1, -0.05) is 23.2 Å². The Kier molecular flexibility index (Phi) is 3.53. The van der Waals surface area contributed by atoms with Crippen molar-refractivity contribution in [1.29, 1.82) is 5.26 Å². The maximum absolute atomic E-state index is 11.6. The lowest BCUT2D eigenvalue weighted by Gasteiger charge is -2.06. The van der Waals surface area contributed by atoms with Crippen LogP contribution in [-0.2, 0) is 0 Å². The first-order chi connectivity index (χ1) is 10.5. The van der Waals surface area contributed by atoms with E-state index in [0.717, 1.165) is 4.57 Å². The predicted molar refractivity (Wildman–Crippen MR) is 85.5 cm³/mol. The molecule has 4 nitrogen and oxygen atoms in total. The molecule has 22 heavy (non-hydrogen) atoms. The molecule has 0 radical (unpaired) electrons. The minimum atomic E-state index is -1.12. The molecule has 0 bridgehead atoms. The zero-order valence-electron chi connectivity index (χ0n) is 11.0. The van der Waals surface area contributed by atoms with Gasteiger partial charge in [0.05, 0.1) is 22.8 Å². The number of nitriles is 1. The molecule has 0 atom stereocenters. The summed E-state index contributed by atoms with van der Waals surface area (Å²) in [6.07, 6.45) is -1.12. The van der Waals surface area contributed by atoms with Crippen molar-refractivity contribution < 1.29 is 9.90 Å². The highest BCUT2D eigenvalue weighted by molar-refractivity contribution is 6.35. The van der Waals surface area contributed by atoms with Gasteiger partial charge in [0.2, 0.25) is 0 Å². The second-order valence-electron chi connectivity index (χ2n) is 4.69. The molecule has 0 amide bonds. The molecule has 1 N–H and O–H groups in total. The Balaban J connectivity index is 2.35. The minimum absolute atomic E-state index is 0.419. The lowest BCUT2D eigenvalue weighted by Crippen LogP contribution is -2.09. The topological polar surface area (TPSA) is 66.0 Å². The highest BCUT2D eigenvalue weighted by Crippen LogP contribution is 2.32. The summed E-state index contributed by atoms with van der Waals surface area (Å²) in [5, 5.41) is 20.0. The second kappa shape index (κ2) is 5.38. The van der Waals surface area contributed by atoms with E-state index in [4.69, 9.17) is 28.5 Å². The summed E-state index contributed by atoms with van der Waals surface area (Å²) in [4.78, 5) is 11.6. The minimum Gasteiger partial charge on any atom is -0.464 e. The summed E-state index contributed by atoms with van der Waals surface area (Å²) in [5.74, 6) is 0. The van der Waals surface area contributed by atoms with Crippen LogP contribution in [0.1, 0.15) is 5.56 Å². The van der Waals surface area contributed by atoms with E-state index in [9.17, 15) is 9.90 Å². The molecule has 3 aromatic rings. The molecule has 0 fully saturated rings. The Bertz CT molecular complexity index is 934. The Hall–Kier alpha value is -2.48. The summed E-state index contributed by atoms with van der Waals surface area (Å²) < 4.78 is 1.15. The van der Waals surface area contributed by atoms with Crippen molar-refractivity contribution in [3.05, 3.63) is 58.1 Å². The van der Waals surface area contributed by atoms with Crippen LogP contribution in [0, 0.1) is 11.3 Å². The Morgan fingerprint density at radius 2 is 1.77 bits per heavy atom. The molecule has 1 aromatic heterocycles. The molecule has 0 spiro atoms. The number of hydrogen-bond acceptors (Lipinski definition) is 2. The Labute approximate surface area is 135 Å². The molecule has 0 saturated heterocycles. The zero-order valence-corrected chi connectivity index (χ0v) is 12.6.